The monoisotopic (exact) mass is 309 g/mol. The molecule has 3 aromatic rings. The molecular weight excluding hydrogens is 292 g/mol. The summed E-state index contributed by atoms with van der Waals surface area (Å²) in [6, 6.07) is 32.3. The van der Waals surface area contributed by atoms with Gasteiger partial charge in [0.05, 0.1) is 0 Å². The second-order valence-corrected chi connectivity index (χ2v) is 6.56. The van der Waals surface area contributed by atoms with Gasteiger partial charge in [-0.25, -0.2) is 0 Å². The molecule has 0 saturated carbocycles. The second-order valence-electron chi connectivity index (χ2n) is 4.34. The zero-order valence-corrected chi connectivity index (χ0v) is 13.5. The average molecular weight is 309 g/mol. The van der Waals surface area contributed by atoms with Gasteiger partial charge in [-0.05, 0) is 32.9 Å². The van der Waals surface area contributed by atoms with Crippen molar-refractivity contribution in [1.29, 1.82) is 5.16 Å². The van der Waals surface area contributed by atoms with Crippen molar-refractivity contribution in [2.24, 2.45) is 0 Å². The molecule has 0 spiro atoms. The number of hydrogen-bond acceptors (Lipinski definition) is 1. The molecule has 104 valence electrons. The van der Waals surface area contributed by atoms with E-state index in [-0.39, 0.29) is 0 Å². The van der Waals surface area contributed by atoms with Gasteiger partial charge in [0.1, 0.15) is 0 Å². The van der Waals surface area contributed by atoms with E-state index in [4.69, 9.17) is 5.16 Å². The van der Waals surface area contributed by atoms with Crippen molar-refractivity contribution in [3.8, 4) is 0 Å². The normalized spacial score (nSPS) is 9.76. The topological polar surface area (TPSA) is 23.9 Å². The molecule has 1 nitrogen and oxygen atoms in total. The average Bonchev–Trinajstić information content (AvgIpc) is 2.60. The van der Waals surface area contributed by atoms with Crippen molar-refractivity contribution in [3.05, 3.63) is 91.0 Å². The number of rotatable bonds is 3. The first kappa shape index (κ1) is 15.6. The molecular formula is C18H17NP2. The van der Waals surface area contributed by atoms with Gasteiger partial charge in [-0.2, -0.15) is 0 Å². The summed E-state index contributed by atoms with van der Waals surface area (Å²) in [6.07, 6.45) is 0. The summed E-state index contributed by atoms with van der Waals surface area (Å²) in [5.74, 6) is 0. The van der Waals surface area contributed by atoms with Crippen LogP contribution in [0.15, 0.2) is 91.0 Å². The van der Waals surface area contributed by atoms with Gasteiger partial charge >= 0.3 is 0 Å². The number of hydrogen-bond donors (Lipinski definition) is 1. The third-order valence-corrected chi connectivity index (χ3v) is 5.49. The standard InChI is InChI=1S/C18H15P.H2NP/c1-4-10-16(11-5-1)19(17-12-6-2-7-13-17)18-14-8-3-9-15-18;1-2/h1-15H;1-2H. The molecule has 0 fully saturated rings. The Hall–Kier alpha value is -1.81. The fourth-order valence-corrected chi connectivity index (χ4v) is 4.48. The van der Waals surface area contributed by atoms with Crippen LogP contribution in [0.3, 0.4) is 0 Å². The molecule has 0 aliphatic heterocycles. The highest BCUT2D eigenvalue weighted by atomic mass is 31.1. The third-order valence-electron chi connectivity index (χ3n) is 3.04. The van der Waals surface area contributed by atoms with Crippen LogP contribution in [0.2, 0.25) is 0 Å². The second kappa shape index (κ2) is 8.47. The first-order valence-corrected chi connectivity index (χ1v) is 8.49. The zero-order valence-electron chi connectivity index (χ0n) is 11.6. The highest BCUT2D eigenvalue weighted by Crippen LogP contribution is 2.32. The molecule has 0 aliphatic rings. The predicted molar refractivity (Wildman–Crippen MR) is 96.2 cm³/mol. The van der Waals surface area contributed by atoms with E-state index in [9.17, 15) is 0 Å². The molecule has 0 amide bonds. The van der Waals surface area contributed by atoms with Crippen molar-refractivity contribution in [1.82, 2.24) is 0 Å². The fraction of sp³-hybridized carbons (Fsp3) is 0. The lowest BCUT2D eigenvalue weighted by molar-refractivity contribution is 1.66. The van der Waals surface area contributed by atoms with Gasteiger partial charge in [0, 0.05) is 0 Å². The molecule has 0 heterocycles. The third kappa shape index (κ3) is 4.08. The highest BCUT2D eigenvalue weighted by molar-refractivity contribution is 7.79. The maximum atomic E-state index is 5.56. The fourth-order valence-electron chi connectivity index (χ4n) is 2.18. The molecule has 0 aliphatic carbocycles. The summed E-state index contributed by atoms with van der Waals surface area (Å²) in [7, 11) is 1.78. The quantitative estimate of drug-likeness (QED) is 0.696. The van der Waals surface area contributed by atoms with E-state index in [1.807, 2.05) is 0 Å². The Morgan fingerprint density at radius 3 is 0.952 bits per heavy atom. The Balaban J connectivity index is 0.000000774. The molecule has 0 radical (unpaired) electrons. The van der Waals surface area contributed by atoms with Crippen LogP contribution >= 0.6 is 17.0 Å². The minimum atomic E-state index is -0.446. The Morgan fingerprint density at radius 1 is 0.476 bits per heavy atom. The van der Waals surface area contributed by atoms with Gasteiger partial charge in [0.15, 0.2) is 0 Å². The van der Waals surface area contributed by atoms with Crippen molar-refractivity contribution >= 4 is 32.9 Å². The smallest absolute Gasteiger partial charge is 0.0134 e. The Kier molecular flexibility index (Phi) is 6.28. The molecule has 3 aromatic carbocycles. The van der Waals surface area contributed by atoms with Gasteiger partial charge in [-0.1, -0.05) is 91.0 Å². The highest BCUT2D eigenvalue weighted by Gasteiger charge is 2.14. The molecule has 0 saturated heterocycles. The van der Waals surface area contributed by atoms with Gasteiger partial charge in [0.2, 0.25) is 0 Å². The molecule has 1 N–H and O–H groups in total. The van der Waals surface area contributed by atoms with E-state index in [1.54, 1.807) is 0 Å². The largest absolute Gasteiger partial charge is 0.287 e. The zero-order chi connectivity index (χ0) is 14.9. The lowest BCUT2D eigenvalue weighted by Gasteiger charge is -2.18. The van der Waals surface area contributed by atoms with Crippen molar-refractivity contribution in [3.63, 3.8) is 0 Å². The van der Waals surface area contributed by atoms with E-state index in [0.29, 0.717) is 0 Å². The number of nitrogens with one attached hydrogen (secondary N) is 1. The summed E-state index contributed by atoms with van der Waals surface area (Å²) in [6.45, 7) is 0. The molecule has 0 aromatic heterocycles. The molecule has 3 heteroatoms. The Bertz CT molecular complexity index is 548. The molecule has 0 unspecified atom stereocenters. The van der Waals surface area contributed by atoms with Gasteiger partial charge in [-0.15, -0.1) is 0 Å². The summed E-state index contributed by atoms with van der Waals surface area (Å²) < 4.78 is 0. The Morgan fingerprint density at radius 2 is 0.714 bits per heavy atom. The van der Waals surface area contributed by atoms with E-state index in [2.05, 4.69) is 100 Å². The van der Waals surface area contributed by atoms with Crippen molar-refractivity contribution < 1.29 is 0 Å². The minimum absolute atomic E-state index is 0.446. The predicted octanol–water partition coefficient (Wildman–Crippen LogP) is 4.34. The summed E-state index contributed by atoms with van der Waals surface area (Å²) in [4.78, 5) is 0. The lowest BCUT2D eigenvalue weighted by atomic mass is 10.4. The van der Waals surface area contributed by atoms with Crippen LogP contribution < -0.4 is 15.9 Å². The first-order chi connectivity index (χ1) is 10.4. The van der Waals surface area contributed by atoms with E-state index < -0.39 is 7.92 Å². The van der Waals surface area contributed by atoms with E-state index in [1.165, 1.54) is 15.9 Å². The van der Waals surface area contributed by atoms with Crippen LogP contribution in [0.5, 0.6) is 0 Å². The van der Waals surface area contributed by atoms with Crippen molar-refractivity contribution in [2.75, 3.05) is 0 Å². The minimum Gasteiger partial charge on any atom is -0.287 e. The van der Waals surface area contributed by atoms with Crippen LogP contribution in [0.1, 0.15) is 0 Å². The summed E-state index contributed by atoms with van der Waals surface area (Å²) in [5, 5.41) is 9.75. The van der Waals surface area contributed by atoms with Crippen LogP contribution in [0, 0.1) is 5.16 Å². The van der Waals surface area contributed by atoms with Crippen LogP contribution in [0.25, 0.3) is 0 Å². The SMILES string of the molecule is N=P.c1ccc(P(c2ccccc2)c2ccccc2)cc1. The van der Waals surface area contributed by atoms with Gasteiger partial charge in [0.25, 0.3) is 0 Å². The molecule has 21 heavy (non-hydrogen) atoms. The number of benzene rings is 3. The Labute approximate surface area is 129 Å². The molecule has 0 atom stereocenters. The molecule has 3 rings (SSSR count). The first-order valence-electron chi connectivity index (χ1n) is 6.65. The van der Waals surface area contributed by atoms with E-state index >= 15 is 0 Å². The molecule has 0 bridgehead atoms. The van der Waals surface area contributed by atoms with Gasteiger partial charge in [-0.3, -0.25) is 5.16 Å². The van der Waals surface area contributed by atoms with Crippen LogP contribution in [-0.2, 0) is 0 Å². The van der Waals surface area contributed by atoms with Gasteiger partial charge < -0.3 is 0 Å². The summed E-state index contributed by atoms with van der Waals surface area (Å²) in [5.41, 5.74) is 0. The van der Waals surface area contributed by atoms with Crippen LogP contribution in [-0.4, -0.2) is 0 Å². The van der Waals surface area contributed by atoms with E-state index in [0.717, 1.165) is 0 Å². The maximum Gasteiger partial charge on any atom is -0.0134 e. The maximum absolute atomic E-state index is 5.56. The van der Waals surface area contributed by atoms with Crippen molar-refractivity contribution in [2.45, 2.75) is 0 Å². The summed E-state index contributed by atoms with van der Waals surface area (Å²) >= 11 is 0. The van der Waals surface area contributed by atoms with Crippen LogP contribution in [0.4, 0.5) is 0 Å². The lowest BCUT2D eigenvalue weighted by Crippen LogP contribution is -2.20.